The summed E-state index contributed by atoms with van der Waals surface area (Å²) in [6.07, 6.45) is 1.31. The number of nitrogens with zero attached hydrogens (tertiary/aromatic N) is 1. The lowest BCUT2D eigenvalue weighted by molar-refractivity contribution is -0.168. The summed E-state index contributed by atoms with van der Waals surface area (Å²) in [4.78, 5) is 10.4. The third-order valence-electron chi connectivity index (χ3n) is 1.91. The van der Waals surface area contributed by atoms with Gasteiger partial charge in [-0.2, -0.15) is 5.06 Å². The Bertz CT molecular complexity index is 148. The van der Waals surface area contributed by atoms with Crippen LogP contribution in [0.3, 0.4) is 0 Å². The summed E-state index contributed by atoms with van der Waals surface area (Å²) >= 11 is 0. The number of hydroxylamine groups is 2. The fourth-order valence-electron chi connectivity index (χ4n) is 1.21. The molecule has 2 N–H and O–H groups in total. The van der Waals surface area contributed by atoms with Gasteiger partial charge >= 0.3 is 5.97 Å². The molecule has 2 atom stereocenters. The molecule has 0 amide bonds. The van der Waals surface area contributed by atoms with Crippen molar-refractivity contribution in [1.82, 2.24) is 5.06 Å². The van der Waals surface area contributed by atoms with Crippen molar-refractivity contribution in [3.8, 4) is 0 Å². The average molecular weight is 145 g/mol. The second-order valence-corrected chi connectivity index (χ2v) is 2.66. The lowest BCUT2D eigenvalue weighted by Crippen LogP contribution is -2.36. The van der Waals surface area contributed by atoms with Crippen LogP contribution in [0, 0.1) is 0 Å². The first-order valence-corrected chi connectivity index (χ1v) is 3.33. The number of carbonyl (C=O) groups is 1. The molecule has 1 heterocycles. The second-order valence-electron chi connectivity index (χ2n) is 2.66. The largest absolute Gasteiger partial charge is 0.480 e. The molecule has 1 rings (SSSR count). The number of hydrogen-bond donors (Lipinski definition) is 2. The van der Waals surface area contributed by atoms with Gasteiger partial charge in [-0.15, -0.1) is 0 Å². The maximum atomic E-state index is 10.4. The van der Waals surface area contributed by atoms with Gasteiger partial charge in [-0.05, 0) is 19.8 Å². The highest BCUT2D eigenvalue weighted by Gasteiger charge is 2.34. The summed E-state index contributed by atoms with van der Waals surface area (Å²) in [5, 5.41) is 18.5. The molecule has 10 heavy (non-hydrogen) atoms. The quantitative estimate of drug-likeness (QED) is 0.557. The van der Waals surface area contributed by atoms with Gasteiger partial charge in [0.15, 0.2) is 0 Å². The van der Waals surface area contributed by atoms with Crippen molar-refractivity contribution >= 4 is 5.97 Å². The van der Waals surface area contributed by atoms with Crippen LogP contribution < -0.4 is 0 Å². The fourth-order valence-corrected chi connectivity index (χ4v) is 1.21. The summed E-state index contributed by atoms with van der Waals surface area (Å²) in [7, 11) is 0. The lowest BCUT2D eigenvalue weighted by Gasteiger charge is -2.16. The van der Waals surface area contributed by atoms with Gasteiger partial charge in [-0.3, -0.25) is 4.79 Å². The molecule has 0 bridgehead atoms. The van der Waals surface area contributed by atoms with E-state index in [2.05, 4.69) is 0 Å². The maximum absolute atomic E-state index is 10.4. The van der Waals surface area contributed by atoms with E-state index in [9.17, 15) is 4.79 Å². The summed E-state index contributed by atoms with van der Waals surface area (Å²) in [6, 6.07) is -0.698. The van der Waals surface area contributed by atoms with Crippen molar-refractivity contribution in [3.05, 3.63) is 0 Å². The van der Waals surface area contributed by atoms with E-state index >= 15 is 0 Å². The van der Waals surface area contributed by atoms with Crippen LogP contribution in [0.1, 0.15) is 19.8 Å². The van der Waals surface area contributed by atoms with Crippen LogP contribution in [0.4, 0.5) is 0 Å². The van der Waals surface area contributed by atoms with E-state index in [0.29, 0.717) is 6.42 Å². The van der Waals surface area contributed by atoms with Crippen molar-refractivity contribution in [3.63, 3.8) is 0 Å². The van der Waals surface area contributed by atoms with Crippen LogP contribution in [0.15, 0.2) is 0 Å². The van der Waals surface area contributed by atoms with Crippen molar-refractivity contribution in [2.45, 2.75) is 31.8 Å². The molecule has 0 radical (unpaired) electrons. The molecule has 4 nitrogen and oxygen atoms in total. The minimum Gasteiger partial charge on any atom is -0.480 e. The Kier molecular flexibility index (Phi) is 1.92. The zero-order chi connectivity index (χ0) is 7.72. The van der Waals surface area contributed by atoms with Crippen molar-refractivity contribution < 1.29 is 15.1 Å². The zero-order valence-corrected chi connectivity index (χ0v) is 5.82. The third-order valence-corrected chi connectivity index (χ3v) is 1.91. The number of carboxylic acid groups (broad SMARTS) is 1. The Hall–Kier alpha value is -0.610. The second kappa shape index (κ2) is 2.56. The minimum absolute atomic E-state index is 0.0129. The number of carboxylic acids is 1. The molecule has 1 aliphatic heterocycles. The van der Waals surface area contributed by atoms with E-state index in [4.69, 9.17) is 10.3 Å². The topological polar surface area (TPSA) is 60.8 Å². The fraction of sp³-hybridized carbons (Fsp3) is 0.833. The van der Waals surface area contributed by atoms with Gasteiger partial charge in [0.1, 0.15) is 6.04 Å². The van der Waals surface area contributed by atoms with Gasteiger partial charge in [-0.25, -0.2) is 0 Å². The Morgan fingerprint density at radius 2 is 2.20 bits per heavy atom. The first kappa shape index (κ1) is 7.50. The predicted molar refractivity (Wildman–Crippen MR) is 33.7 cm³/mol. The number of hydrogen-bond acceptors (Lipinski definition) is 3. The van der Waals surface area contributed by atoms with Crippen LogP contribution >= 0.6 is 0 Å². The molecule has 58 valence electrons. The third kappa shape index (κ3) is 1.12. The highest BCUT2D eigenvalue weighted by molar-refractivity contribution is 5.73. The van der Waals surface area contributed by atoms with Gasteiger partial charge in [0.25, 0.3) is 0 Å². The number of rotatable bonds is 1. The maximum Gasteiger partial charge on any atom is 0.323 e. The average Bonchev–Trinajstić information content (AvgIpc) is 2.14. The van der Waals surface area contributed by atoms with Crippen LogP contribution in [0.25, 0.3) is 0 Å². The normalized spacial score (nSPS) is 34.6. The van der Waals surface area contributed by atoms with Gasteiger partial charge in [0.2, 0.25) is 0 Å². The summed E-state index contributed by atoms with van der Waals surface area (Å²) in [6.45, 7) is 1.81. The Morgan fingerprint density at radius 3 is 2.40 bits per heavy atom. The summed E-state index contributed by atoms with van der Waals surface area (Å²) in [5.74, 6) is -0.938. The molecule has 1 aliphatic rings. The smallest absolute Gasteiger partial charge is 0.323 e. The van der Waals surface area contributed by atoms with E-state index in [1.165, 1.54) is 0 Å². The molecule has 0 aromatic rings. The monoisotopic (exact) mass is 145 g/mol. The molecule has 1 fully saturated rings. The molecule has 0 aromatic carbocycles. The SMILES string of the molecule is CC1CCC(C(=O)O)N1O. The van der Waals surface area contributed by atoms with Crippen LogP contribution in [0.2, 0.25) is 0 Å². The number of aliphatic carboxylic acids is 1. The van der Waals surface area contributed by atoms with E-state index in [1.54, 1.807) is 0 Å². The predicted octanol–water partition coefficient (Wildman–Crippen LogP) is 0.313. The van der Waals surface area contributed by atoms with E-state index in [0.717, 1.165) is 11.5 Å². The Morgan fingerprint density at radius 1 is 1.60 bits per heavy atom. The highest BCUT2D eigenvalue weighted by atomic mass is 16.5. The van der Waals surface area contributed by atoms with Gasteiger partial charge in [0.05, 0.1) is 0 Å². The zero-order valence-electron chi connectivity index (χ0n) is 5.82. The van der Waals surface area contributed by atoms with Crippen LogP contribution in [-0.4, -0.2) is 33.4 Å². The summed E-state index contributed by atoms with van der Waals surface area (Å²) < 4.78 is 0. The molecule has 0 saturated carbocycles. The van der Waals surface area contributed by atoms with E-state index < -0.39 is 12.0 Å². The molecule has 0 spiro atoms. The minimum atomic E-state index is -0.938. The van der Waals surface area contributed by atoms with E-state index in [-0.39, 0.29) is 6.04 Å². The molecular weight excluding hydrogens is 134 g/mol. The molecule has 1 saturated heterocycles. The highest BCUT2D eigenvalue weighted by Crippen LogP contribution is 2.20. The molecular formula is C6H11NO3. The Balaban J connectivity index is 2.57. The van der Waals surface area contributed by atoms with Crippen LogP contribution in [-0.2, 0) is 4.79 Å². The van der Waals surface area contributed by atoms with Crippen molar-refractivity contribution in [2.24, 2.45) is 0 Å². The van der Waals surface area contributed by atoms with Gasteiger partial charge in [0, 0.05) is 6.04 Å². The Labute approximate surface area is 59.0 Å². The first-order valence-electron chi connectivity index (χ1n) is 3.33. The van der Waals surface area contributed by atoms with Crippen molar-refractivity contribution in [2.75, 3.05) is 0 Å². The van der Waals surface area contributed by atoms with E-state index in [1.807, 2.05) is 6.92 Å². The van der Waals surface area contributed by atoms with Gasteiger partial charge in [-0.1, -0.05) is 0 Å². The van der Waals surface area contributed by atoms with Crippen LogP contribution in [0.5, 0.6) is 0 Å². The van der Waals surface area contributed by atoms with Crippen molar-refractivity contribution in [1.29, 1.82) is 0 Å². The lowest BCUT2D eigenvalue weighted by atomic mass is 10.2. The standard InChI is InChI=1S/C6H11NO3/c1-4-2-3-5(6(8)9)7(4)10/h4-5,10H,2-3H2,1H3,(H,8,9). The molecule has 4 heteroatoms. The first-order chi connectivity index (χ1) is 4.63. The molecule has 0 aromatic heterocycles. The van der Waals surface area contributed by atoms with Gasteiger partial charge < -0.3 is 10.3 Å². The molecule has 0 aliphatic carbocycles. The molecule has 2 unspecified atom stereocenters. The summed E-state index contributed by atoms with van der Waals surface area (Å²) in [5.41, 5.74) is 0.